The third kappa shape index (κ3) is 3.61. The van der Waals surface area contributed by atoms with E-state index < -0.39 is 0 Å². The lowest BCUT2D eigenvalue weighted by molar-refractivity contribution is -0.115. The Bertz CT molecular complexity index is 602. The van der Waals surface area contributed by atoms with Gasteiger partial charge in [0.25, 0.3) is 0 Å². The third-order valence-electron chi connectivity index (χ3n) is 2.97. The monoisotopic (exact) mass is 306 g/mol. The summed E-state index contributed by atoms with van der Waals surface area (Å²) in [6.45, 7) is 7.88. The number of rotatable bonds is 4. The summed E-state index contributed by atoms with van der Waals surface area (Å²) < 4.78 is 0.937. The highest BCUT2D eigenvalue weighted by Crippen LogP contribution is 2.28. The summed E-state index contributed by atoms with van der Waals surface area (Å²) in [5, 5.41) is 4.85. The first kappa shape index (κ1) is 15.1. The highest BCUT2D eigenvalue weighted by Gasteiger charge is 2.17. The molecule has 20 heavy (non-hydrogen) atoms. The van der Waals surface area contributed by atoms with Crippen LogP contribution >= 0.6 is 23.1 Å². The zero-order valence-electron chi connectivity index (χ0n) is 12.1. The summed E-state index contributed by atoms with van der Waals surface area (Å²) in [6.07, 6.45) is 0. The molecule has 5 heteroatoms. The number of anilines is 1. The fourth-order valence-corrected chi connectivity index (χ4v) is 3.81. The highest BCUT2D eigenvalue weighted by molar-refractivity contribution is 8.02. The number of aryl methyl sites for hydroxylation is 3. The van der Waals surface area contributed by atoms with Crippen LogP contribution in [0.1, 0.15) is 23.7 Å². The Labute approximate surface area is 127 Å². The SMILES string of the molecule is Cc1csc(S[C@@H](C)C(=O)Nc2c(C)cccc2C)n1. The lowest BCUT2D eigenvalue weighted by Crippen LogP contribution is -2.23. The van der Waals surface area contributed by atoms with E-state index in [4.69, 9.17) is 0 Å². The molecule has 1 N–H and O–H groups in total. The Morgan fingerprint density at radius 1 is 1.30 bits per heavy atom. The molecule has 0 radical (unpaired) electrons. The van der Waals surface area contributed by atoms with Crippen molar-refractivity contribution in [2.75, 3.05) is 5.32 Å². The molecule has 0 aliphatic rings. The number of thioether (sulfide) groups is 1. The van der Waals surface area contributed by atoms with Gasteiger partial charge in [-0.05, 0) is 38.8 Å². The van der Waals surface area contributed by atoms with E-state index in [-0.39, 0.29) is 11.2 Å². The van der Waals surface area contributed by atoms with Gasteiger partial charge in [0.05, 0.1) is 5.25 Å². The van der Waals surface area contributed by atoms with Crippen LogP contribution in [0.4, 0.5) is 5.69 Å². The molecule has 1 atom stereocenters. The highest BCUT2D eigenvalue weighted by atomic mass is 32.2. The van der Waals surface area contributed by atoms with Crippen molar-refractivity contribution in [3.8, 4) is 0 Å². The standard InChI is InChI=1S/C15H18N2OS2/c1-9-6-5-7-10(2)13(9)17-14(18)12(4)20-15-16-11(3)8-19-15/h5-8,12H,1-4H3,(H,17,18)/t12-/m0/s1. The molecule has 0 saturated carbocycles. The first-order valence-electron chi connectivity index (χ1n) is 6.43. The van der Waals surface area contributed by atoms with E-state index in [9.17, 15) is 4.79 Å². The number of hydrogen-bond donors (Lipinski definition) is 1. The molecule has 0 aliphatic carbocycles. The van der Waals surface area contributed by atoms with Gasteiger partial charge in [-0.1, -0.05) is 30.0 Å². The number of hydrogen-bond acceptors (Lipinski definition) is 4. The molecule has 0 bridgehead atoms. The van der Waals surface area contributed by atoms with Gasteiger partial charge in [-0.15, -0.1) is 11.3 Å². The van der Waals surface area contributed by atoms with Crippen molar-refractivity contribution in [2.24, 2.45) is 0 Å². The maximum atomic E-state index is 12.3. The van der Waals surface area contributed by atoms with Crippen molar-refractivity contribution in [1.29, 1.82) is 0 Å². The molecule has 1 heterocycles. The number of thiazole rings is 1. The summed E-state index contributed by atoms with van der Waals surface area (Å²) in [5.41, 5.74) is 4.08. The van der Waals surface area contributed by atoms with Crippen LogP contribution in [0.25, 0.3) is 0 Å². The first-order valence-corrected chi connectivity index (χ1v) is 8.19. The molecule has 0 aliphatic heterocycles. The molecule has 1 aromatic carbocycles. The van der Waals surface area contributed by atoms with Crippen LogP contribution < -0.4 is 5.32 Å². The average molecular weight is 306 g/mol. The molecule has 0 unspecified atom stereocenters. The molecule has 0 fully saturated rings. The van der Waals surface area contributed by atoms with Crippen LogP contribution in [0.2, 0.25) is 0 Å². The molecule has 3 nitrogen and oxygen atoms in total. The quantitative estimate of drug-likeness (QED) is 0.861. The number of para-hydroxylation sites is 1. The number of carbonyl (C=O) groups excluding carboxylic acids is 1. The summed E-state index contributed by atoms with van der Waals surface area (Å²) >= 11 is 3.08. The summed E-state index contributed by atoms with van der Waals surface area (Å²) in [5.74, 6) is 0.0141. The maximum Gasteiger partial charge on any atom is 0.237 e. The summed E-state index contributed by atoms with van der Waals surface area (Å²) in [4.78, 5) is 16.6. The van der Waals surface area contributed by atoms with Crippen molar-refractivity contribution in [1.82, 2.24) is 4.98 Å². The molecule has 106 valence electrons. The number of nitrogens with one attached hydrogen (secondary N) is 1. The molecule has 1 amide bonds. The molecule has 1 aromatic heterocycles. The van der Waals surface area contributed by atoms with E-state index in [2.05, 4.69) is 10.3 Å². The first-order chi connectivity index (χ1) is 9.47. The number of aromatic nitrogens is 1. The number of amides is 1. The second-order valence-corrected chi connectivity index (χ2v) is 7.22. The van der Waals surface area contributed by atoms with Gasteiger partial charge in [-0.3, -0.25) is 4.79 Å². The van der Waals surface area contributed by atoms with Crippen LogP contribution in [0.15, 0.2) is 27.9 Å². The molecule has 2 rings (SSSR count). The number of carbonyl (C=O) groups is 1. The van der Waals surface area contributed by atoms with Gasteiger partial charge in [0.1, 0.15) is 0 Å². The van der Waals surface area contributed by atoms with E-state index >= 15 is 0 Å². The maximum absolute atomic E-state index is 12.3. The Hall–Kier alpha value is -1.33. The third-order valence-corrected chi connectivity index (χ3v) is 5.16. The van der Waals surface area contributed by atoms with Crippen molar-refractivity contribution >= 4 is 34.7 Å². The van der Waals surface area contributed by atoms with Crippen molar-refractivity contribution < 1.29 is 4.79 Å². The van der Waals surface area contributed by atoms with Gasteiger partial charge in [0, 0.05) is 16.8 Å². The molecular weight excluding hydrogens is 288 g/mol. The fraction of sp³-hybridized carbons (Fsp3) is 0.333. The Morgan fingerprint density at radius 3 is 2.50 bits per heavy atom. The van der Waals surface area contributed by atoms with Gasteiger partial charge in [-0.25, -0.2) is 4.98 Å². The van der Waals surface area contributed by atoms with Gasteiger partial charge in [0.15, 0.2) is 4.34 Å². The van der Waals surface area contributed by atoms with Gasteiger partial charge < -0.3 is 5.32 Å². The Kier molecular flexibility index (Phi) is 4.83. The van der Waals surface area contributed by atoms with Gasteiger partial charge in [-0.2, -0.15) is 0 Å². The Balaban J connectivity index is 2.04. The van der Waals surface area contributed by atoms with Crippen molar-refractivity contribution in [3.05, 3.63) is 40.4 Å². The lowest BCUT2D eigenvalue weighted by Gasteiger charge is -2.14. The minimum absolute atomic E-state index is 0.0141. The summed E-state index contributed by atoms with van der Waals surface area (Å²) in [7, 11) is 0. The second-order valence-electron chi connectivity index (χ2n) is 4.77. The second kappa shape index (κ2) is 6.41. The van der Waals surface area contributed by atoms with E-state index in [0.29, 0.717) is 0 Å². The number of nitrogens with zero attached hydrogens (tertiary/aromatic N) is 1. The van der Waals surface area contributed by atoms with E-state index in [1.54, 1.807) is 11.3 Å². The Morgan fingerprint density at radius 2 is 1.95 bits per heavy atom. The fourth-order valence-electron chi connectivity index (χ4n) is 1.83. The van der Waals surface area contributed by atoms with E-state index in [1.165, 1.54) is 11.8 Å². The van der Waals surface area contributed by atoms with Crippen LogP contribution in [-0.4, -0.2) is 16.1 Å². The van der Waals surface area contributed by atoms with E-state index in [1.807, 2.05) is 51.3 Å². The van der Waals surface area contributed by atoms with Crippen LogP contribution in [0.5, 0.6) is 0 Å². The van der Waals surface area contributed by atoms with Crippen molar-refractivity contribution in [3.63, 3.8) is 0 Å². The average Bonchev–Trinajstić information content (AvgIpc) is 2.79. The minimum atomic E-state index is -0.167. The summed E-state index contributed by atoms with van der Waals surface area (Å²) in [6, 6.07) is 6.01. The topological polar surface area (TPSA) is 42.0 Å². The van der Waals surface area contributed by atoms with Gasteiger partial charge >= 0.3 is 0 Å². The predicted octanol–water partition coefficient (Wildman–Crippen LogP) is 4.19. The van der Waals surface area contributed by atoms with Crippen molar-refractivity contribution in [2.45, 2.75) is 37.3 Å². The van der Waals surface area contributed by atoms with Gasteiger partial charge in [0.2, 0.25) is 5.91 Å². The largest absolute Gasteiger partial charge is 0.325 e. The van der Waals surface area contributed by atoms with E-state index in [0.717, 1.165) is 26.8 Å². The molecular formula is C15H18N2OS2. The van der Waals surface area contributed by atoms with Crippen LogP contribution in [0.3, 0.4) is 0 Å². The van der Waals surface area contributed by atoms with Crippen LogP contribution in [0, 0.1) is 20.8 Å². The normalized spacial score (nSPS) is 12.2. The zero-order valence-corrected chi connectivity index (χ0v) is 13.7. The molecule has 2 aromatic rings. The molecule has 0 saturated heterocycles. The minimum Gasteiger partial charge on any atom is -0.325 e. The predicted molar refractivity (Wildman–Crippen MR) is 86.7 cm³/mol. The van der Waals surface area contributed by atoms with Crippen LogP contribution in [-0.2, 0) is 4.79 Å². The smallest absolute Gasteiger partial charge is 0.237 e. The molecule has 0 spiro atoms. The number of benzene rings is 1. The zero-order chi connectivity index (χ0) is 14.7. The lowest BCUT2D eigenvalue weighted by atomic mass is 10.1.